The number of carbonyl (C=O) groups is 2. The van der Waals surface area contributed by atoms with Gasteiger partial charge in [0.15, 0.2) is 0 Å². The molecule has 2 aromatic carbocycles. The van der Waals surface area contributed by atoms with E-state index >= 15 is 0 Å². The van der Waals surface area contributed by atoms with E-state index in [0.717, 1.165) is 5.69 Å². The summed E-state index contributed by atoms with van der Waals surface area (Å²) in [7, 11) is 1.58. The number of hydrogen-bond donors (Lipinski definition) is 3. The summed E-state index contributed by atoms with van der Waals surface area (Å²) in [5, 5.41) is 8.38. The largest absolute Gasteiger partial charge is 0.376 e. The van der Waals surface area contributed by atoms with Crippen molar-refractivity contribution in [1.29, 1.82) is 0 Å². The summed E-state index contributed by atoms with van der Waals surface area (Å²) < 4.78 is 0. The Labute approximate surface area is 129 Å². The molecule has 0 aliphatic heterocycles. The van der Waals surface area contributed by atoms with E-state index in [-0.39, 0.29) is 18.4 Å². The molecule has 0 unspecified atom stereocenters. The molecule has 2 amide bonds. The van der Waals surface area contributed by atoms with Gasteiger partial charge in [0.1, 0.15) is 0 Å². The summed E-state index contributed by atoms with van der Waals surface area (Å²) >= 11 is 0. The number of amides is 2. The standard InChI is InChI=1S/C17H19N3O2/c1-12-3-7-14(8-4-12)19-11-16(21)20-15-9-5-13(6-10-15)17(22)18-2/h3-10,19H,11H2,1-2H3,(H,18,22)(H,20,21). The number of carbonyl (C=O) groups excluding carboxylic acids is 2. The van der Waals surface area contributed by atoms with E-state index in [1.165, 1.54) is 5.56 Å². The molecule has 0 heterocycles. The van der Waals surface area contributed by atoms with Crippen LogP contribution in [0.1, 0.15) is 15.9 Å². The zero-order valence-corrected chi connectivity index (χ0v) is 12.6. The van der Waals surface area contributed by atoms with Crippen LogP contribution in [-0.2, 0) is 4.79 Å². The average Bonchev–Trinajstić information content (AvgIpc) is 2.54. The maximum Gasteiger partial charge on any atom is 0.251 e. The Morgan fingerprint density at radius 1 is 0.909 bits per heavy atom. The van der Waals surface area contributed by atoms with Gasteiger partial charge in [-0.15, -0.1) is 0 Å². The van der Waals surface area contributed by atoms with Crippen molar-refractivity contribution in [3.63, 3.8) is 0 Å². The topological polar surface area (TPSA) is 70.2 Å². The van der Waals surface area contributed by atoms with E-state index < -0.39 is 0 Å². The van der Waals surface area contributed by atoms with Crippen LogP contribution in [-0.4, -0.2) is 25.4 Å². The Bertz CT molecular complexity index is 649. The van der Waals surface area contributed by atoms with Crippen molar-refractivity contribution >= 4 is 23.2 Å². The second-order valence-electron chi connectivity index (χ2n) is 4.92. The van der Waals surface area contributed by atoms with E-state index in [4.69, 9.17) is 0 Å². The minimum absolute atomic E-state index is 0.145. The fraction of sp³-hybridized carbons (Fsp3) is 0.176. The van der Waals surface area contributed by atoms with Crippen molar-refractivity contribution in [3.05, 3.63) is 59.7 Å². The van der Waals surface area contributed by atoms with Crippen LogP contribution < -0.4 is 16.0 Å². The van der Waals surface area contributed by atoms with Crippen LogP contribution in [0.15, 0.2) is 48.5 Å². The molecule has 5 nitrogen and oxygen atoms in total. The number of rotatable bonds is 5. The lowest BCUT2D eigenvalue weighted by atomic mass is 10.2. The highest BCUT2D eigenvalue weighted by Gasteiger charge is 2.05. The lowest BCUT2D eigenvalue weighted by Gasteiger charge is -2.08. The molecule has 0 atom stereocenters. The summed E-state index contributed by atoms with van der Waals surface area (Å²) in [6.45, 7) is 2.19. The van der Waals surface area contributed by atoms with Gasteiger partial charge in [0.05, 0.1) is 6.54 Å². The number of hydrogen-bond acceptors (Lipinski definition) is 3. The SMILES string of the molecule is CNC(=O)c1ccc(NC(=O)CNc2ccc(C)cc2)cc1. The van der Waals surface area contributed by atoms with Crippen LogP contribution in [0.25, 0.3) is 0 Å². The normalized spacial score (nSPS) is 9.91. The van der Waals surface area contributed by atoms with Gasteiger partial charge in [0.25, 0.3) is 5.91 Å². The number of anilines is 2. The molecule has 0 aliphatic carbocycles. The smallest absolute Gasteiger partial charge is 0.251 e. The molecule has 114 valence electrons. The van der Waals surface area contributed by atoms with E-state index in [9.17, 15) is 9.59 Å². The van der Waals surface area contributed by atoms with Crippen LogP contribution in [0, 0.1) is 6.92 Å². The van der Waals surface area contributed by atoms with Crippen molar-refractivity contribution < 1.29 is 9.59 Å². The highest BCUT2D eigenvalue weighted by atomic mass is 16.2. The van der Waals surface area contributed by atoms with Crippen LogP contribution in [0.2, 0.25) is 0 Å². The maximum atomic E-state index is 11.9. The van der Waals surface area contributed by atoms with Gasteiger partial charge >= 0.3 is 0 Å². The van der Waals surface area contributed by atoms with Gasteiger partial charge in [-0.1, -0.05) is 17.7 Å². The van der Waals surface area contributed by atoms with Crippen LogP contribution in [0.4, 0.5) is 11.4 Å². The molecule has 0 spiro atoms. The zero-order chi connectivity index (χ0) is 15.9. The third-order valence-corrected chi connectivity index (χ3v) is 3.16. The predicted octanol–water partition coefficient (Wildman–Crippen LogP) is 2.41. The second kappa shape index (κ2) is 7.26. The van der Waals surface area contributed by atoms with Gasteiger partial charge in [0, 0.05) is 24.0 Å². The predicted molar refractivity (Wildman–Crippen MR) is 88.1 cm³/mol. The molecular formula is C17H19N3O2. The summed E-state index contributed by atoms with van der Waals surface area (Å²) in [5.74, 6) is -0.299. The first-order chi connectivity index (χ1) is 10.6. The molecule has 0 fully saturated rings. The minimum atomic E-state index is -0.154. The van der Waals surface area contributed by atoms with Gasteiger partial charge in [0.2, 0.25) is 5.91 Å². The van der Waals surface area contributed by atoms with E-state index in [1.54, 1.807) is 31.3 Å². The molecule has 0 aliphatic rings. The number of aryl methyl sites for hydroxylation is 1. The van der Waals surface area contributed by atoms with Gasteiger partial charge in [-0.3, -0.25) is 9.59 Å². The molecular weight excluding hydrogens is 278 g/mol. The first kappa shape index (κ1) is 15.6. The fourth-order valence-electron chi connectivity index (χ4n) is 1.91. The Morgan fingerprint density at radius 2 is 1.50 bits per heavy atom. The first-order valence-electron chi connectivity index (χ1n) is 7.01. The lowest BCUT2D eigenvalue weighted by Crippen LogP contribution is -2.22. The van der Waals surface area contributed by atoms with Crippen LogP contribution in [0.3, 0.4) is 0 Å². The highest BCUT2D eigenvalue weighted by Crippen LogP contribution is 2.10. The van der Waals surface area contributed by atoms with E-state index in [0.29, 0.717) is 11.3 Å². The molecule has 0 saturated carbocycles. The van der Waals surface area contributed by atoms with Gasteiger partial charge in [-0.25, -0.2) is 0 Å². The minimum Gasteiger partial charge on any atom is -0.376 e. The second-order valence-corrected chi connectivity index (χ2v) is 4.92. The van der Waals surface area contributed by atoms with Crippen molar-refractivity contribution in [2.75, 3.05) is 24.2 Å². The Kier molecular flexibility index (Phi) is 5.14. The van der Waals surface area contributed by atoms with Crippen molar-refractivity contribution in [1.82, 2.24) is 5.32 Å². The molecule has 0 saturated heterocycles. The molecule has 0 radical (unpaired) electrons. The van der Waals surface area contributed by atoms with E-state index in [1.807, 2.05) is 31.2 Å². The molecule has 0 aromatic heterocycles. The summed E-state index contributed by atoms with van der Waals surface area (Å²) in [6.07, 6.45) is 0. The monoisotopic (exact) mass is 297 g/mol. The van der Waals surface area contributed by atoms with Crippen molar-refractivity contribution in [2.45, 2.75) is 6.92 Å². The molecule has 5 heteroatoms. The highest BCUT2D eigenvalue weighted by molar-refractivity contribution is 5.96. The molecule has 22 heavy (non-hydrogen) atoms. The fourth-order valence-corrected chi connectivity index (χ4v) is 1.91. The third-order valence-electron chi connectivity index (χ3n) is 3.16. The summed E-state index contributed by atoms with van der Waals surface area (Å²) in [4.78, 5) is 23.3. The van der Waals surface area contributed by atoms with Crippen molar-refractivity contribution in [3.8, 4) is 0 Å². The zero-order valence-electron chi connectivity index (χ0n) is 12.6. The molecule has 0 bridgehead atoms. The Morgan fingerprint density at radius 3 is 2.09 bits per heavy atom. The van der Waals surface area contributed by atoms with Gasteiger partial charge < -0.3 is 16.0 Å². The number of nitrogens with one attached hydrogen (secondary N) is 3. The number of benzene rings is 2. The molecule has 3 N–H and O–H groups in total. The van der Waals surface area contributed by atoms with Gasteiger partial charge in [-0.05, 0) is 43.3 Å². The lowest BCUT2D eigenvalue weighted by molar-refractivity contribution is -0.114. The molecule has 2 rings (SSSR count). The van der Waals surface area contributed by atoms with Crippen LogP contribution >= 0.6 is 0 Å². The summed E-state index contributed by atoms with van der Waals surface area (Å²) in [5.41, 5.74) is 3.28. The quantitative estimate of drug-likeness (QED) is 0.793. The van der Waals surface area contributed by atoms with Gasteiger partial charge in [-0.2, -0.15) is 0 Å². The Hall–Kier alpha value is -2.82. The Balaban J connectivity index is 1.86. The maximum absolute atomic E-state index is 11.9. The van der Waals surface area contributed by atoms with E-state index in [2.05, 4.69) is 16.0 Å². The molecule has 2 aromatic rings. The van der Waals surface area contributed by atoms with Crippen LogP contribution in [0.5, 0.6) is 0 Å². The first-order valence-corrected chi connectivity index (χ1v) is 7.01. The average molecular weight is 297 g/mol. The summed E-state index contributed by atoms with van der Waals surface area (Å²) in [6, 6.07) is 14.6. The van der Waals surface area contributed by atoms with Crippen molar-refractivity contribution in [2.24, 2.45) is 0 Å². The third kappa shape index (κ3) is 4.34.